The van der Waals surface area contributed by atoms with Crippen LogP contribution in [0.5, 0.6) is 0 Å². The quantitative estimate of drug-likeness (QED) is 0.121. The first-order valence-electron chi connectivity index (χ1n) is 35.1. The summed E-state index contributed by atoms with van der Waals surface area (Å²) in [5, 5.41) is 11.6. The van der Waals surface area contributed by atoms with Crippen molar-refractivity contribution in [2.45, 2.75) is 141 Å². The van der Waals surface area contributed by atoms with E-state index in [0.717, 1.165) is 90.1 Å². The fraction of sp³-hybridized carbons (Fsp3) is 0.215. The Hall–Kier alpha value is -10.1. The van der Waals surface area contributed by atoms with Gasteiger partial charge in [-0.2, -0.15) is 5.26 Å². The molecule has 12 aromatic rings. The van der Waals surface area contributed by atoms with Gasteiger partial charge in [-0.05, 0) is 185 Å². The van der Waals surface area contributed by atoms with E-state index >= 15 is 0 Å². The van der Waals surface area contributed by atoms with Gasteiger partial charge in [0.25, 0.3) is 0 Å². The predicted molar refractivity (Wildman–Crippen MR) is 426 cm³/mol. The molecule has 2 heterocycles. The van der Waals surface area contributed by atoms with Crippen LogP contribution in [0, 0.1) is 11.3 Å². The van der Waals surface area contributed by atoms with E-state index in [2.05, 4.69) is 392 Å². The van der Waals surface area contributed by atoms with Gasteiger partial charge in [-0.15, -0.1) is 0 Å². The molecule has 2 aliphatic rings. The Morgan fingerprint density at radius 3 is 1.34 bits per heavy atom. The van der Waals surface area contributed by atoms with Gasteiger partial charge >= 0.3 is 0 Å². The molecule has 0 fully saturated rings. The Balaban J connectivity index is 1.09. The second-order valence-electron chi connectivity index (χ2n) is 32.2. The minimum absolute atomic E-state index is 0.0250. The maximum Gasteiger partial charge on any atom is 0.249 e. The number of nitrogens with zero attached hydrogens (tertiary/aromatic N) is 4. The number of fused-ring (bicyclic) bond motifs is 4. The van der Waals surface area contributed by atoms with E-state index in [4.69, 9.17) is 0 Å². The lowest BCUT2D eigenvalue weighted by Gasteiger charge is -2.42. The van der Waals surface area contributed by atoms with E-state index in [-0.39, 0.29) is 33.8 Å². The van der Waals surface area contributed by atoms with E-state index in [0.29, 0.717) is 5.56 Å². The summed E-state index contributed by atoms with van der Waals surface area (Å²) in [6.45, 7) is 34.4. The second-order valence-corrected chi connectivity index (χ2v) is 33.3. The van der Waals surface area contributed by atoms with Crippen molar-refractivity contribution in [3.8, 4) is 50.6 Å². The first kappa shape index (κ1) is 66.2. The molecule has 0 unspecified atom stereocenters. The highest BCUT2D eigenvalue weighted by Crippen LogP contribution is 2.52. The van der Waals surface area contributed by atoms with Gasteiger partial charge in [0.1, 0.15) is 0 Å². The molecule has 0 saturated carbocycles. The maximum absolute atomic E-state index is 11.6. The summed E-state index contributed by atoms with van der Waals surface area (Å²) in [5.41, 5.74) is 28.4. The van der Waals surface area contributed by atoms with E-state index in [1.165, 1.54) is 59.6 Å². The Kier molecular flexibility index (Phi) is 16.9. The summed E-state index contributed by atoms with van der Waals surface area (Å²) in [4.78, 5) is 9.87. The van der Waals surface area contributed by atoms with Crippen molar-refractivity contribution in [2.75, 3.05) is 14.7 Å². The summed E-state index contributed by atoms with van der Waals surface area (Å²) in [6, 6.07) is 102. The highest BCUT2D eigenvalue weighted by atomic mass is 32.2. The lowest BCUT2D eigenvalue weighted by Crippen LogP contribution is -2.60. The SMILES string of the molecule is CC(C)(C)c1ccc(N(c2ccc(C(C)(C)C)cc2)c2cc3c(cc2-c2ccccc2)B2c4ccc(-c5cc(N(c6ccccc6)c6ccccc6)c(C(C)(C)C)cc5C#N)cc4N(c4ccccc4-c4ccccc4)c4cc(-c5ccc(C(C)(C)C)cc5C(C)(C)C)cc(c42)S3)cc1. The number of para-hydroxylation sites is 3. The Morgan fingerprint density at radius 1 is 0.323 bits per heavy atom. The lowest BCUT2D eigenvalue weighted by molar-refractivity contribution is 0.569. The zero-order valence-electron chi connectivity index (χ0n) is 60.2. The number of benzene rings is 12. The first-order chi connectivity index (χ1) is 47.2. The van der Waals surface area contributed by atoms with E-state index in [1.54, 1.807) is 0 Å². The fourth-order valence-electron chi connectivity index (χ4n) is 14.7. The molecule has 0 amide bonds. The number of hydrogen-bond acceptors (Lipinski definition) is 5. The highest BCUT2D eigenvalue weighted by molar-refractivity contribution is 8.00. The summed E-state index contributed by atoms with van der Waals surface area (Å²) in [5.74, 6) is 0. The van der Waals surface area contributed by atoms with Gasteiger partial charge in [0, 0.05) is 60.6 Å². The third-order valence-electron chi connectivity index (χ3n) is 20.1. The van der Waals surface area contributed by atoms with Crippen LogP contribution >= 0.6 is 11.8 Å². The summed E-state index contributed by atoms with van der Waals surface area (Å²) in [7, 11) is 0. The van der Waals surface area contributed by atoms with Crippen molar-refractivity contribution in [3.05, 3.63) is 300 Å². The molecule has 14 rings (SSSR count). The standard InChI is InChI=1S/C93H89BN4S/c1-89(2,3)66-41-46-71(47-42-66)96(72-48-43-67(44-49-72)90(4,5)6)82-59-86-80(57-76(82)62-32-22-17-23-33-62)94-79-51-40-63(75-58-83(78(93(13,14)15)52-65(75)60-95)97(69-34-24-18-25-35-69)70-36-26-19-27-37-70)53-84(79)98(81-39-29-28-38-74(81)61-30-20-16-21-31-61)85-54-64(55-87(99-86)88(85)94)73-50-45-68(91(7,8)9)56-77(73)92(10,11)12/h16-59H,1-15H3. The summed E-state index contributed by atoms with van der Waals surface area (Å²) < 4.78 is 0. The molecule has 0 saturated heterocycles. The zero-order chi connectivity index (χ0) is 69.5. The number of nitriles is 1. The molecule has 0 N–H and O–H groups in total. The third-order valence-corrected chi connectivity index (χ3v) is 21.2. The van der Waals surface area contributed by atoms with Crippen LogP contribution in [0.2, 0.25) is 0 Å². The molecule has 0 bridgehead atoms. The molecule has 6 heteroatoms. The molecular weight excluding hydrogens is 1220 g/mol. The number of hydrogen-bond donors (Lipinski definition) is 0. The van der Waals surface area contributed by atoms with Gasteiger partial charge in [0.2, 0.25) is 6.71 Å². The molecule has 2 aliphatic heterocycles. The van der Waals surface area contributed by atoms with E-state index in [9.17, 15) is 5.26 Å². The van der Waals surface area contributed by atoms with Gasteiger partial charge in [-0.1, -0.05) is 297 Å². The fourth-order valence-corrected chi connectivity index (χ4v) is 16.0. The highest BCUT2D eigenvalue weighted by Gasteiger charge is 2.44. The average Bonchev–Trinajstić information content (AvgIpc) is 0.699. The predicted octanol–water partition coefficient (Wildman–Crippen LogP) is 24.4. The molecule has 0 spiro atoms. The smallest absolute Gasteiger partial charge is 0.249 e. The van der Waals surface area contributed by atoms with Crippen LogP contribution in [0.3, 0.4) is 0 Å². The minimum Gasteiger partial charge on any atom is -0.311 e. The van der Waals surface area contributed by atoms with E-state index in [1.807, 2.05) is 11.8 Å². The largest absolute Gasteiger partial charge is 0.311 e. The molecule has 0 aromatic heterocycles. The molecule has 0 radical (unpaired) electrons. The Labute approximate surface area is 593 Å². The lowest BCUT2D eigenvalue weighted by atomic mass is 9.34. The zero-order valence-corrected chi connectivity index (χ0v) is 61.0. The molecule has 0 atom stereocenters. The first-order valence-corrected chi connectivity index (χ1v) is 35.9. The second kappa shape index (κ2) is 25.3. The monoisotopic (exact) mass is 1300 g/mol. The van der Waals surface area contributed by atoms with Crippen LogP contribution in [0.4, 0.5) is 51.2 Å². The number of rotatable bonds is 11. The van der Waals surface area contributed by atoms with Crippen LogP contribution in [0.25, 0.3) is 44.5 Å². The van der Waals surface area contributed by atoms with Crippen molar-refractivity contribution >= 4 is 86.0 Å². The molecule has 0 aliphatic carbocycles. The average molecular weight is 1310 g/mol. The summed E-state index contributed by atoms with van der Waals surface area (Å²) in [6.07, 6.45) is 0. The third kappa shape index (κ3) is 12.6. The topological polar surface area (TPSA) is 33.5 Å². The van der Waals surface area contributed by atoms with Crippen molar-refractivity contribution in [3.63, 3.8) is 0 Å². The minimum atomic E-state index is -0.330. The molecule has 12 aromatic carbocycles. The molecule has 490 valence electrons. The van der Waals surface area contributed by atoms with Gasteiger partial charge in [-0.25, -0.2) is 0 Å². The van der Waals surface area contributed by atoms with Crippen molar-refractivity contribution < 1.29 is 0 Å². The van der Waals surface area contributed by atoms with Crippen LogP contribution in [0.15, 0.2) is 277 Å². The van der Waals surface area contributed by atoms with Crippen LogP contribution in [-0.4, -0.2) is 6.71 Å². The molecular formula is C93H89BN4S. The van der Waals surface area contributed by atoms with Crippen LogP contribution in [0.1, 0.15) is 137 Å². The van der Waals surface area contributed by atoms with Crippen molar-refractivity contribution in [2.24, 2.45) is 0 Å². The van der Waals surface area contributed by atoms with Gasteiger partial charge < -0.3 is 14.7 Å². The molecule has 99 heavy (non-hydrogen) atoms. The van der Waals surface area contributed by atoms with Crippen LogP contribution in [-0.2, 0) is 27.1 Å². The van der Waals surface area contributed by atoms with Gasteiger partial charge in [0.15, 0.2) is 0 Å². The molecule has 4 nitrogen and oxygen atoms in total. The van der Waals surface area contributed by atoms with Crippen LogP contribution < -0.4 is 31.1 Å². The maximum atomic E-state index is 11.6. The van der Waals surface area contributed by atoms with E-state index < -0.39 is 0 Å². The number of anilines is 9. The van der Waals surface area contributed by atoms with Crippen molar-refractivity contribution in [1.82, 2.24) is 0 Å². The summed E-state index contributed by atoms with van der Waals surface area (Å²) >= 11 is 1.90. The Morgan fingerprint density at radius 2 is 0.808 bits per heavy atom. The normalized spacial score (nSPS) is 12.9. The Bertz CT molecular complexity index is 4960. The van der Waals surface area contributed by atoms with Crippen molar-refractivity contribution in [1.29, 1.82) is 5.26 Å². The van der Waals surface area contributed by atoms with Gasteiger partial charge in [-0.3, -0.25) is 0 Å². The van der Waals surface area contributed by atoms with Gasteiger partial charge in [0.05, 0.1) is 28.7 Å².